The highest BCUT2D eigenvalue weighted by Crippen LogP contribution is 2.37. The van der Waals surface area contributed by atoms with Crippen molar-refractivity contribution in [1.29, 1.82) is 0 Å². The molecule has 2 aliphatic carbocycles. The predicted molar refractivity (Wildman–Crippen MR) is 69.7 cm³/mol. The normalized spacial score (nSPS) is 30.0. The molecule has 3 rings (SSSR count). The van der Waals surface area contributed by atoms with E-state index in [0.29, 0.717) is 6.42 Å². The molecule has 5 heteroatoms. The Morgan fingerprint density at radius 2 is 2.05 bits per heavy atom. The quantitative estimate of drug-likeness (QED) is 0.778. The number of carboxylic acid groups (broad SMARTS) is 1. The third-order valence-corrected chi connectivity index (χ3v) is 4.62. The van der Waals surface area contributed by atoms with E-state index in [0.717, 1.165) is 44.7 Å². The number of hydrogen-bond donors (Lipinski definition) is 2. The van der Waals surface area contributed by atoms with Crippen molar-refractivity contribution in [2.24, 2.45) is 5.92 Å². The number of aliphatic carboxylic acids is 1. The van der Waals surface area contributed by atoms with E-state index in [-0.39, 0.29) is 11.9 Å². The molecule has 3 aliphatic rings. The topological polar surface area (TPSA) is 69.6 Å². The van der Waals surface area contributed by atoms with Gasteiger partial charge in [0.15, 0.2) is 0 Å². The first kappa shape index (κ1) is 12.9. The van der Waals surface area contributed by atoms with E-state index in [9.17, 15) is 14.7 Å². The van der Waals surface area contributed by atoms with Crippen molar-refractivity contribution in [2.75, 3.05) is 13.1 Å². The van der Waals surface area contributed by atoms with E-state index in [1.165, 1.54) is 12.8 Å². The molecule has 0 aromatic rings. The lowest BCUT2D eigenvalue weighted by Gasteiger charge is -2.22. The molecule has 0 aromatic heterocycles. The second kappa shape index (κ2) is 4.78. The van der Waals surface area contributed by atoms with Crippen LogP contribution in [0.25, 0.3) is 0 Å². The molecule has 1 unspecified atom stereocenters. The lowest BCUT2D eigenvalue weighted by Crippen LogP contribution is -2.45. The number of rotatable bonds is 5. The highest BCUT2D eigenvalue weighted by molar-refractivity contribution is 5.82. The lowest BCUT2D eigenvalue weighted by atomic mass is 10.1. The van der Waals surface area contributed by atoms with Crippen LogP contribution in [0, 0.1) is 5.92 Å². The van der Waals surface area contributed by atoms with Gasteiger partial charge in [0, 0.05) is 25.6 Å². The highest BCUT2D eigenvalue weighted by atomic mass is 16.4. The summed E-state index contributed by atoms with van der Waals surface area (Å²) in [5.74, 6) is 0.233. The fraction of sp³-hybridized carbons (Fsp3) is 0.857. The average Bonchev–Trinajstić information content (AvgIpc) is 3.22. The van der Waals surface area contributed by atoms with E-state index < -0.39 is 11.5 Å². The number of likely N-dealkylation sites (tertiary alicyclic amines) is 1. The Bertz CT molecular complexity index is 388. The van der Waals surface area contributed by atoms with Crippen molar-refractivity contribution in [3.63, 3.8) is 0 Å². The van der Waals surface area contributed by atoms with Crippen LogP contribution in [0.5, 0.6) is 0 Å². The summed E-state index contributed by atoms with van der Waals surface area (Å²) in [6.07, 6.45) is 6.17. The Hall–Kier alpha value is -1.10. The van der Waals surface area contributed by atoms with Gasteiger partial charge in [0.2, 0.25) is 5.91 Å². The summed E-state index contributed by atoms with van der Waals surface area (Å²) in [5, 5.41) is 12.5. The fourth-order valence-corrected chi connectivity index (χ4v) is 2.92. The van der Waals surface area contributed by atoms with Gasteiger partial charge in [-0.15, -0.1) is 0 Å². The highest BCUT2D eigenvalue weighted by Gasteiger charge is 2.51. The van der Waals surface area contributed by atoms with Crippen LogP contribution >= 0.6 is 0 Å². The smallest absolute Gasteiger partial charge is 0.323 e. The van der Waals surface area contributed by atoms with Crippen molar-refractivity contribution in [3.8, 4) is 0 Å². The molecule has 0 aromatic carbocycles. The zero-order valence-electron chi connectivity index (χ0n) is 11.2. The Balaban J connectivity index is 1.54. The molecule has 19 heavy (non-hydrogen) atoms. The van der Waals surface area contributed by atoms with Crippen molar-refractivity contribution < 1.29 is 14.7 Å². The first-order valence-electron chi connectivity index (χ1n) is 7.38. The standard InChI is InChI=1S/C14H22N2O3/c17-12-4-3-11(15-14(6-7-14)13(18)19)5-8-16(12)9-10-1-2-10/h10-11,15H,1-9H2,(H,18,19). The molecule has 1 heterocycles. The molecule has 2 saturated carbocycles. The number of hydrogen-bond acceptors (Lipinski definition) is 3. The van der Waals surface area contributed by atoms with Gasteiger partial charge >= 0.3 is 5.97 Å². The van der Waals surface area contributed by atoms with Crippen LogP contribution in [0.2, 0.25) is 0 Å². The van der Waals surface area contributed by atoms with Crippen LogP contribution < -0.4 is 5.32 Å². The summed E-state index contributed by atoms with van der Waals surface area (Å²) in [7, 11) is 0. The Morgan fingerprint density at radius 3 is 2.63 bits per heavy atom. The molecule has 3 fully saturated rings. The van der Waals surface area contributed by atoms with Crippen molar-refractivity contribution in [2.45, 2.75) is 56.5 Å². The number of amides is 1. The second-order valence-corrected chi connectivity index (χ2v) is 6.34. The van der Waals surface area contributed by atoms with Crippen molar-refractivity contribution in [3.05, 3.63) is 0 Å². The van der Waals surface area contributed by atoms with Gasteiger partial charge in [-0.3, -0.25) is 14.9 Å². The second-order valence-electron chi connectivity index (χ2n) is 6.34. The summed E-state index contributed by atoms with van der Waals surface area (Å²) in [6.45, 7) is 1.69. The molecular formula is C14H22N2O3. The van der Waals surface area contributed by atoms with Crippen LogP contribution in [0.3, 0.4) is 0 Å². The van der Waals surface area contributed by atoms with E-state index in [1.807, 2.05) is 4.90 Å². The van der Waals surface area contributed by atoms with Gasteiger partial charge in [-0.1, -0.05) is 0 Å². The van der Waals surface area contributed by atoms with Gasteiger partial charge in [0.05, 0.1) is 0 Å². The molecule has 1 amide bonds. The van der Waals surface area contributed by atoms with Crippen LogP contribution in [-0.4, -0.2) is 46.6 Å². The minimum atomic E-state index is -0.738. The Labute approximate surface area is 113 Å². The predicted octanol–water partition coefficient (Wildman–Crippen LogP) is 0.984. The van der Waals surface area contributed by atoms with Gasteiger partial charge in [-0.25, -0.2) is 0 Å². The number of nitrogens with zero attached hydrogens (tertiary/aromatic N) is 1. The van der Waals surface area contributed by atoms with Crippen LogP contribution in [0.15, 0.2) is 0 Å². The van der Waals surface area contributed by atoms with Gasteiger partial charge in [0.25, 0.3) is 0 Å². The number of carbonyl (C=O) groups is 2. The van der Waals surface area contributed by atoms with Gasteiger partial charge in [0.1, 0.15) is 5.54 Å². The van der Waals surface area contributed by atoms with Gasteiger partial charge < -0.3 is 10.0 Å². The maximum absolute atomic E-state index is 12.0. The average molecular weight is 266 g/mol. The third-order valence-electron chi connectivity index (χ3n) is 4.62. The maximum atomic E-state index is 12.0. The van der Waals surface area contributed by atoms with Crippen LogP contribution in [0.1, 0.15) is 44.9 Å². The molecule has 0 spiro atoms. The molecule has 0 bridgehead atoms. The summed E-state index contributed by atoms with van der Waals surface area (Å²) < 4.78 is 0. The monoisotopic (exact) mass is 266 g/mol. The number of carbonyl (C=O) groups excluding carboxylic acids is 1. The van der Waals surface area contributed by atoms with E-state index in [1.54, 1.807) is 0 Å². The number of nitrogens with one attached hydrogen (secondary N) is 1. The van der Waals surface area contributed by atoms with Crippen molar-refractivity contribution >= 4 is 11.9 Å². The largest absolute Gasteiger partial charge is 0.480 e. The first-order chi connectivity index (χ1) is 9.09. The SMILES string of the molecule is O=C1CCC(NC2(C(=O)O)CC2)CCN1CC1CC1. The minimum absolute atomic E-state index is 0.173. The maximum Gasteiger partial charge on any atom is 0.323 e. The third kappa shape index (κ3) is 2.91. The fourth-order valence-electron chi connectivity index (χ4n) is 2.92. The van der Waals surface area contributed by atoms with E-state index >= 15 is 0 Å². The first-order valence-corrected chi connectivity index (χ1v) is 7.38. The van der Waals surface area contributed by atoms with E-state index in [2.05, 4.69) is 5.32 Å². The van der Waals surface area contributed by atoms with Gasteiger partial charge in [-0.2, -0.15) is 0 Å². The van der Waals surface area contributed by atoms with Crippen molar-refractivity contribution in [1.82, 2.24) is 10.2 Å². The molecule has 1 atom stereocenters. The zero-order chi connectivity index (χ0) is 13.5. The Kier molecular flexibility index (Phi) is 3.25. The zero-order valence-corrected chi connectivity index (χ0v) is 11.2. The summed E-state index contributed by atoms with van der Waals surface area (Å²) in [6, 6.07) is 0.173. The summed E-state index contributed by atoms with van der Waals surface area (Å²) in [5.41, 5.74) is -0.681. The molecule has 1 saturated heterocycles. The summed E-state index contributed by atoms with van der Waals surface area (Å²) in [4.78, 5) is 25.2. The van der Waals surface area contributed by atoms with Gasteiger partial charge in [-0.05, 0) is 44.4 Å². The van der Waals surface area contributed by atoms with Crippen LogP contribution in [0.4, 0.5) is 0 Å². The van der Waals surface area contributed by atoms with Crippen LogP contribution in [-0.2, 0) is 9.59 Å². The van der Waals surface area contributed by atoms with E-state index in [4.69, 9.17) is 0 Å². The molecule has 0 radical (unpaired) electrons. The molecular weight excluding hydrogens is 244 g/mol. The molecule has 106 valence electrons. The molecule has 5 nitrogen and oxygen atoms in total. The molecule has 1 aliphatic heterocycles. The summed E-state index contributed by atoms with van der Waals surface area (Å²) >= 11 is 0. The number of carboxylic acids is 1. The lowest BCUT2D eigenvalue weighted by molar-refractivity contribution is -0.141. The molecule has 2 N–H and O–H groups in total. The Morgan fingerprint density at radius 1 is 1.32 bits per heavy atom. The minimum Gasteiger partial charge on any atom is -0.480 e.